The number of carbonyl (C=O) groups is 2. The van der Waals surface area contributed by atoms with Crippen molar-refractivity contribution in [2.24, 2.45) is 0 Å². The molecule has 0 unspecified atom stereocenters. The molecule has 0 radical (unpaired) electrons. The Bertz CT molecular complexity index is 1190. The third-order valence-electron chi connectivity index (χ3n) is 5.99. The Hall–Kier alpha value is -4.13. The summed E-state index contributed by atoms with van der Waals surface area (Å²) in [4.78, 5) is 25.0. The van der Waals surface area contributed by atoms with Crippen LogP contribution in [-0.2, 0) is 6.42 Å². The van der Waals surface area contributed by atoms with E-state index in [1.807, 2.05) is 0 Å². The van der Waals surface area contributed by atoms with Gasteiger partial charge >= 0.3 is 5.97 Å². The summed E-state index contributed by atoms with van der Waals surface area (Å²) in [5.74, 6) is -0.523. The molecule has 0 heterocycles. The molecule has 3 rings (SSSR count). The van der Waals surface area contributed by atoms with E-state index >= 15 is 0 Å². The van der Waals surface area contributed by atoms with Gasteiger partial charge in [-0.3, -0.25) is 4.79 Å². The van der Waals surface area contributed by atoms with Gasteiger partial charge in [0.25, 0.3) is 5.91 Å². The lowest BCUT2D eigenvalue weighted by Crippen LogP contribution is -2.37. The van der Waals surface area contributed by atoms with E-state index in [-0.39, 0.29) is 17.7 Å². The van der Waals surface area contributed by atoms with Gasteiger partial charge in [0.05, 0.1) is 18.2 Å². The maximum atomic E-state index is 13.1. The fraction of sp³-hybridized carbons (Fsp3) is 0.290. The first-order valence-electron chi connectivity index (χ1n) is 12.8. The number of nitrogens with one attached hydrogen (secondary N) is 1. The minimum absolute atomic E-state index is 0.208. The van der Waals surface area contributed by atoms with Gasteiger partial charge in [-0.1, -0.05) is 51.3 Å². The molecule has 0 aliphatic rings. The molecular formula is C31H34FNO5. The Balaban J connectivity index is 1.50. The fourth-order valence-corrected chi connectivity index (χ4v) is 3.77. The smallest absolute Gasteiger partial charge is 0.343 e. The molecule has 3 aromatic carbocycles. The van der Waals surface area contributed by atoms with E-state index in [4.69, 9.17) is 9.47 Å². The summed E-state index contributed by atoms with van der Waals surface area (Å²) in [6, 6.07) is 18.0. The van der Waals surface area contributed by atoms with Crippen LogP contribution in [0.5, 0.6) is 11.5 Å². The number of esters is 1. The third kappa shape index (κ3) is 9.07. The van der Waals surface area contributed by atoms with Gasteiger partial charge in [-0.2, -0.15) is 0 Å². The molecule has 0 spiro atoms. The van der Waals surface area contributed by atoms with Gasteiger partial charge in [0.1, 0.15) is 23.1 Å². The van der Waals surface area contributed by atoms with Gasteiger partial charge < -0.3 is 19.9 Å². The van der Waals surface area contributed by atoms with Crippen molar-refractivity contribution < 1.29 is 28.6 Å². The van der Waals surface area contributed by atoms with Gasteiger partial charge in [0, 0.05) is 5.56 Å². The number of hydrogen-bond acceptors (Lipinski definition) is 5. The Morgan fingerprint density at radius 2 is 1.47 bits per heavy atom. The Morgan fingerprint density at radius 3 is 2.11 bits per heavy atom. The van der Waals surface area contributed by atoms with E-state index < -0.39 is 23.7 Å². The van der Waals surface area contributed by atoms with Crippen molar-refractivity contribution in [1.29, 1.82) is 0 Å². The number of halogens is 1. The second-order valence-corrected chi connectivity index (χ2v) is 9.05. The summed E-state index contributed by atoms with van der Waals surface area (Å²) in [5, 5.41) is 12.7. The summed E-state index contributed by atoms with van der Waals surface area (Å²) >= 11 is 0. The molecule has 0 aliphatic carbocycles. The van der Waals surface area contributed by atoms with Crippen molar-refractivity contribution in [3.8, 4) is 11.5 Å². The highest BCUT2D eigenvalue weighted by Gasteiger charge is 2.18. The second kappa shape index (κ2) is 14.6. The van der Waals surface area contributed by atoms with Crippen LogP contribution in [0.3, 0.4) is 0 Å². The number of amides is 1. The van der Waals surface area contributed by atoms with Crippen LogP contribution in [0.4, 0.5) is 4.39 Å². The summed E-state index contributed by atoms with van der Waals surface area (Å²) in [6.07, 6.45) is 6.09. The molecular weight excluding hydrogens is 485 g/mol. The average molecular weight is 520 g/mol. The van der Waals surface area contributed by atoms with Gasteiger partial charge in [0.2, 0.25) is 0 Å². The van der Waals surface area contributed by atoms with Crippen molar-refractivity contribution in [3.05, 3.63) is 108 Å². The van der Waals surface area contributed by atoms with E-state index in [0.717, 1.165) is 18.4 Å². The van der Waals surface area contributed by atoms with Crippen molar-refractivity contribution in [2.45, 2.75) is 51.5 Å². The first kappa shape index (κ1) is 28.4. The predicted octanol–water partition coefficient (Wildman–Crippen LogP) is 6.81. The molecule has 0 bridgehead atoms. The number of unbranched alkanes of at least 4 members (excludes halogenated alkanes) is 4. The zero-order valence-corrected chi connectivity index (χ0v) is 21.6. The first-order chi connectivity index (χ1) is 18.4. The second-order valence-electron chi connectivity index (χ2n) is 9.05. The molecule has 1 atom stereocenters. The molecule has 38 heavy (non-hydrogen) atoms. The molecule has 0 aromatic heterocycles. The molecule has 0 saturated carbocycles. The topological polar surface area (TPSA) is 84.9 Å². The van der Waals surface area contributed by atoms with E-state index in [0.29, 0.717) is 23.7 Å². The zero-order chi connectivity index (χ0) is 27.3. The molecule has 0 aliphatic heterocycles. The lowest BCUT2D eigenvalue weighted by atomic mass is 10.0. The summed E-state index contributed by atoms with van der Waals surface area (Å²) in [6.45, 7) is 6.38. The van der Waals surface area contributed by atoms with Crippen molar-refractivity contribution >= 4 is 11.9 Å². The Kier molecular flexibility index (Phi) is 10.9. The van der Waals surface area contributed by atoms with Crippen molar-refractivity contribution in [1.82, 2.24) is 5.32 Å². The number of benzene rings is 3. The molecule has 2 N–H and O–H groups in total. The quantitative estimate of drug-likeness (QED) is 0.106. The molecule has 7 heteroatoms. The summed E-state index contributed by atoms with van der Waals surface area (Å²) < 4.78 is 24.3. The zero-order valence-electron chi connectivity index (χ0n) is 21.6. The molecule has 0 fully saturated rings. The van der Waals surface area contributed by atoms with E-state index in [1.54, 1.807) is 48.5 Å². The largest absolute Gasteiger partial charge is 0.511 e. The molecule has 3 aromatic rings. The normalized spacial score (nSPS) is 11.4. The van der Waals surface area contributed by atoms with Crippen LogP contribution in [0.1, 0.15) is 65.3 Å². The van der Waals surface area contributed by atoms with Gasteiger partial charge in [-0.15, -0.1) is 0 Å². The molecule has 6 nitrogen and oxygen atoms in total. The highest BCUT2D eigenvalue weighted by molar-refractivity contribution is 5.94. The molecule has 1 amide bonds. The van der Waals surface area contributed by atoms with Crippen LogP contribution < -0.4 is 14.8 Å². The number of rotatable bonds is 14. The number of aliphatic hydroxyl groups excluding tert-OH is 1. The van der Waals surface area contributed by atoms with Crippen LogP contribution in [0, 0.1) is 5.82 Å². The number of aliphatic hydroxyl groups is 1. The molecule has 200 valence electrons. The number of ether oxygens (including phenoxy) is 2. The van der Waals surface area contributed by atoms with Gasteiger partial charge in [-0.25, -0.2) is 9.18 Å². The lowest BCUT2D eigenvalue weighted by molar-refractivity contribution is 0.0734. The van der Waals surface area contributed by atoms with Crippen LogP contribution in [-0.4, -0.2) is 29.6 Å². The predicted molar refractivity (Wildman–Crippen MR) is 145 cm³/mol. The Morgan fingerprint density at radius 1 is 0.868 bits per heavy atom. The lowest BCUT2D eigenvalue weighted by Gasteiger charge is -2.18. The maximum Gasteiger partial charge on any atom is 0.343 e. The minimum atomic E-state index is -0.752. The van der Waals surface area contributed by atoms with Gasteiger partial charge in [-0.05, 0) is 79.1 Å². The first-order valence-corrected chi connectivity index (χ1v) is 12.8. The third-order valence-corrected chi connectivity index (χ3v) is 5.99. The van der Waals surface area contributed by atoms with Crippen LogP contribution in [0.2, 0.25) is 0 Å². The van der Waals surface area contributed by atoms with Gasteiger partial charge in [0.15, 0.2) is 0 Å². The fourth-order valence-electron chi connectivity index (χ4n) is 3.77. The van der Waals surface area contributed by atoms with E-state index in [2.05, 4.69) is 18.8 Å². The van der Waals surface area contributed by atoms with Crippen molar-refractivity contribution in [3.63, 3.8) is 0 Å². The average Bonchev–Trinajstić information content (AvgIpc) is 2.92. The van der Waals surface area contributed by atoms with Crippen LogP contribution in [0.25, 0.3) is 0 Å². The van der Waals surface area contributed by atoms with Crippen LogP contribution in [0.15, 0.2) is 85.1 Å². The minimum Gasteiger partial charge on any atom is -0.511 e. The standard InChI is InChI=1S/C31H34FNO5/c1-3-4-5-6-7-20-37-27-18-12-25(13-19-27)31(36)38-28-16-8-23(9-17-28)21-29(22(2)34)33-30(35)24-10-14-26(32)15-11-24/h8-19,29,34H,2-7,20-21H2,1H3,(H,33,35)/t29-/m0/s1. The monoisotopic (exact) mass is 519 g/mol. The van der Waals surface area contributed by atoms with E-state index in [1.165, 1.54) is 43.5 Å². The highest BCUT2D eigenvalue weighted by atomic mass is 19.1. The SMILES string of the molecule is C=C(O)[C@H](Cc1ccc(OC(=O)c2ccc(OCCCCCCC)cc2)cc1)NC(=O)c1ccc(F)cc1. The maximum absolute atomic E-state index is 13.1. The number of carbonyl (C=O) groups excluding carboxylic acids is 2. The summed E-state index contributed by atoms with van der Waals surface area (Å²) in [7, 11) is 0. The van der Waals surface area contributed by atoms with Crippen LogP contribution >= 0.6 is 0 Å². The number of hydrogen-bond donors (Lipinski definition) is 2. The highest BCUT2D eigenvalue weighted by Crippen LogP contribution is 2.19. The van der Waals surface area contributed by atoms with Crippen molar-refractivity contribution in [2.75, 3.05) is 6.61 Å². The Labute approximate surface area is 223 Å². The molecule has 0 saturated heterocycles. The summed E-state index contributed by atoms with van der Waals surface area (Å²) in [5.41, 5.74) is 1.45. The van der Waals surface area contributed by atoms with E-state index in [9.17, 15) is 19.1 Å².